The van der Waals surface area contributed by atoms with Gasteiger partial charge in [-0.25, -0.2) is 4.79 Å². The highest BCUT2D eigenvalue weighted by atomic mass is 16.7. The third-order valence-corrected chi connectivity index (χ3v) is 5.20. The number of hydrogen-bond acceptors (Lipinski definition) is 10. The third kappa shape index (κ3) is 20.2. The van der Waals surface area contributed by atoms with Crippen LogP contribution in [0, 0.1) is 0 Å². The summed E-state index contributed by atoms with van der Waals surface area (Å²) in [5.74, 6) is -2.51. The molecule has 1 aliphatic rings. The number of unbranched alkanes of at least 4 members (excludes halogenated alkanes) is 5. The molecule has 1 N–H and O–H groups in total. The normalized spacial score (nSPS) is 18.7. The minimum atomic E-state index is -1.39. The molecule has 1 saturated heterocycles. The molecule has 0 saturated carbocycles. The first kappa shape index (κ1) is 33.1. The van der Waals surface area contributed by atoms with Crippen LogP contribution in [0.15, 0.2) is 0 Å². The van der Waals surface area contributed by atoms with Gasteiger partial charge in [-0.1, -0.05) is 39.0 Å². The van der Waals surface area contributed by atoms with Crippen LogP contribution in [0.1, 0.15) is 45.4 Å². The second-order valence-corrected chi connectivity index (χ2v) is 8.38. The Balaban J connectivity index is 2.36. The zero-order chi connectivity index (χ0) is 26.0. The Bertz CT molecular complexity index is 477. The number of ether oxygens (including phenoxy) is 9. The standard InChI is InChI=1S/C25H48O11/c1-2-3-4-5-6-7-8-28-9-10-32-19-20-35-25(36-21-24(26)27)22-33-17-15-30-13-11-29-12-14-31-16-18-34-23-25/h2-23H2,1H3,(H,26,27). The average Bonchev–Trinajstić information content (AvgIpc) is 2.87. The molecule has 0 bridgehead atoms. The van der Waals surface area contributed by atoms with E-state index in [2.05, 4.69) is 6.92 Å². The minimum Gasteiger partial charge on any atom is -0.480 e. The lowest BCUT2D eigenvalue weighted by Gasteiger charge is -2.33. The molecule has 0 aromatic heterocycles. The van der Waals surface area contributed by atoms with Crippen molar-refractivity contribution in [2.24, 2.45) is 0 Å². The van der Waals surface area contributed by atoms with Crippen LogP contribution in [0.3, 0.4) is 0 Å². The lowest BCUT2D eigenvalue weighted by molar-refractivity contribution is -0.286. The van der Waals surface area contributed by atoms with Gasteiger partial charge in [0, 0.05) is 6.61 Å². The highest BCUT2D eigenvalue weighted by Crippen LogP contribution is 2.16. The largest absolute Gasteiger partial charge is 0.480 e. The first-order chi connectivity index (χ1) is 17.7. The van der Waals surface area contributed by atoms with Gasteiger partial charge in [-0.2, -0.15) is 0 Å². The molecule has 0 unspecified atom stereocenters. The molecular weight excluding hydrogens is 476 g/mol. The van der Waals surface area contributed by atoms with Gasteiger partial charge < -0.3 is 47.7 Å². The van der Waals surface area contributed by atoms with Crippen LogP contribution in [-0.2, 0) is 47.4 Å². The van der Waals surface area contributed by atoms with Crippen molar-refractivity contribution in [3.05, 3.63) is 0 Å². The monoisotopic (exact) mass is 524 g/mol. The molecule has 1 aliphatic heterocycles. The van der Waals surface area contributed by atoms with Crippen LogP contribution in [0.5, 0.6) is 0 Å². The quantitative estimate of drug-likeness (QED) is 0.223. The molecule has 0 spiro atoms. The van der Waals surface area contributed by atoms with Crippen molar-refractivity contribution in [3.63, 3.8) is 0 Å². The van der Waals surface area contributed by atoms with Crippen molar-refractivity contribution >= 4 is 5.97 Å². The van der Waals surface area contributed by atoms with E-state index in [1.165, 1.54) is 32.1 Å². The van der Waals surface area contributed by atoms with Crippen LogP contribution >= 0.6 is 0 Å². The first-order valence-electron chi connectivity index (χ1n) is 13.2. The van der Waals surface area contributed by atoms with Gasteiger partial charge in [0.05, 0.1) is 79.3 Å². The maximum absolute atomic E-state index is 11.2. The van der Waals surface area contributed by atoms with E-state index < -0.39 is 18.4 Å². The van der Waals surface area contributed by atoms with Crippen molar-refractivity contribution < 1.29 is 52.5 Å². The Kier molecular flexibility index (Phi) is 22.5. The molecule has 36 heavy (non-hydrogen) atoms. The van der Waals surface area contributed by atoms with E-state index in [1.54, 1.807) is 0 Å². The van der Waals surface area contributed by atoms with Gasteiger partial charge in [0.15, 0.2) is 0 Å². The maximum Gasteiger partial charge on any atom is 0.329 e. The summed E-state index contributed by atoms with van der Waals surface area (Å²) in [6.45, 7) is 6.93. The molecule has 1 heterocycles. The minimum absolute atomic E-state index is 0.0254. The molecule has 0 atom stereocenters. The molecule has 0 aromatic rings. The Morgan fingerprint density at radius 3 is 1.67 bits per heavy atom. The van der Waals surface area contributed by atoms with E-state index >= 15 is 0 Å². The fourth-order valence-electron chi connectivity index (χ4n) is 3.27. The Morgan fingerprint density at radius 2 is 1.11 bits per heavy atom. The summed E-state index contributed by atoms with van der Waals surface area (Å²) in [7, 11) is 0. The molecule has 214 valence electrons. The lowest BCUT2D eigenvalue weighted by Crippen LogP contribution is -2.47. The first-order valence-corrected chi connectivity index (χ1v) is 13.2. The van der Waals surface area contributed by atoms with Gasteiger partial charge in [-0.3, -0.25) is 0 Å². The number of carboxylic acid groups (broad SMARTS) is 1. The molecule has 1 fully saturated rings. The van der Waals surface area contributed by atoms with E-state index in [4.69, 9.17) is 47.7 Å². The third-order valence-electron chi connectivity index (χ3n) is 5.20. The molecule has 11 nitrogen and oxygen atoms in total. The van der Waals surface area contributed by atoms with E-state index in [1.807, 2.05) is 0 Å². The van der Waals surface area contributed by atoms with Gasteiger partial charge >= 0.3 is 5.97 Å². The zero-order valence-corrected chi connectivity index (χ0v) is 22.1. The van der Waals surface area contributed by atoms with Crippen molar-refractivity contribution in [1.82, 2.24) is 0 Å². The SMILES string of the molecule is CCCCCCCCOCCOCCOC1(OCC(=O)O)COCCOCCOCCOCCOC1. The molecule has 11 heteroatoms. The summed E-state index contributed by atoms with van der Waals surface area (Å²) in [5, 5.41) is 9.13. The van der Waals surface area contributed by atoms with Crippen LogP contribution in [-0.4, -0.2) is 123 Å². The summed E-state index contributed by atoms with van der Waals surface area (Å²) in [6.07, 6.45) is 7.38. The number of aliphatic carboxylic acids is 1. The summed E-state index contributed by atoms with van der Waals surface area (Å²) >= 11 is 0. The predicted molar refractivity (Wildman–Crippen MR) is 131 cm³/mol. The second-order valence-electron chi connectivity index (χ2n) is 8.38. The van der Waals surface area contributed by atoms with E-state index in [9.17, 15) is 4.79 Å². The van der Waals surface area contributed by atoms with E-state index in [0.29, 0.717) is 59.5 Å². The van der Waals surface area contributed by atoms with Gasteiger partial charge in [0.2, 0.25) is 5.79 Å². The highest BCUT2D eigenvalue weighted by molar-refractivity contribution is 5.68. The van der Waals surface area contributed by atoms with Crippen LogP contribution in [0.4, 0.5) is 0 Å². The van der Waals surface area contributed by atoms with Gasteiger partial charge in [-0.05, 0) is 6.42 Å². The number of rotatable bonds is 17. The fourth-order valence-corrected chi connectivity index (χ4v) is 3.27. The molecule has 0 amide bonds. The fraction of sp³-hybridized carbons (Fsp3) is 0.960. The molecule has 0 aromatic carbocycles. The second kappa shape index (κ2) is 24.4. The predicted octanol–water partition coefficient (Wildman–Crippen LogP) is 2.29. The zero-order valence-electron chi connectivity index (χ0n) is 22.1. The van der Waals surface area contributed by atoms with Crippen molar-refractivity contribution in [2.45, 2.75) is 51.2 Å². The van der Waals surface area contributed by atoms with Gasteiger partial charge in [0.25, 0.3) is 0 Å². The average molecular weight is 525 g/mol. The Labute approximate surface area is 215 Å². The van der Waals surface area contributed by atoms with Crippen LogP contribution in [0.25, 0.3) is 0 Å². The Morgan fingerprint density at radius 1 is 0.639 bits per heavy atom. The summed E-state index contributed by atoms with van der Waals surface area (Å²) in [5.41, 5.74) is 0. The summed E-state index contributed by atoms with van der Waals surface area (Å²) < 4.78 is 50.3. The highest BCUT2D eigenvalue weighted by Gasteiger charge is 2.34. The number of carbonyl (C=O) groups is 1. The molecule has 0 radical (unpaired) electrons. The van der Waals surface area contributed by atoms with Crippen molar-refractivity contribution in [1.29, 1.82) is 0 Å². The van der Waals surface area contributed by atoms with E-state index in [-0.39, 0.29) is 33.0 Å². The summed E-state index contributed by atoms with van der Waals surface area (Å²) in [4.78, 5) is 11.2. The van der Waals surface area contributed by atoms with Gasteiger partial charge in [-0.15, -0.1) is 0 Å². The maximum atomic E-state index is 11.2. The van der Waals surface area contributed by atoms with Crippen molar-refractivity contribution in [2.75, 3.05) is 106 Å². The Hall–Kier alpha value is -0.890. The number of hydrogen-bond donors (Lipinski definition) is 1. The van der Waals surface area contributed by atoms with Crippen molar-refractivity contribution in [3.8, 4) is 0 Å². The molecule has 1 rings (SSSR count). The smallest absolute Gasteiger partial charge is 0.329 e. The van der Waals surface area contributed by atoms with Crippen LogP contribution in [0.2, 0.25) is 0 Å². The molecule has 0 aliphatic carbocycles. The lowest BCUT2D eigenvalue weighted by atomic mass is 10.1. The van der Waals surface area contributed by atoms with Gasteiger partial charge in [0.1, 0.15) is 19.8 Å². The summed E-state index contributed by atoms with van der Waals surface area (Å²) in [6, 6.07) is 0. The number of carboxylic acids is 1. The molecular formula is C25H48O11. The van der Waals surface area contributed by atoms with Crippen LogP contribution < -0.4 is 0 Å². The topological polar surface area (TPSA) is 120 Å². The van der Waals surface area contributed by atoms with E-state index in [0.717, 1.165) is 13.0 Å².